The monoisotopic (exact) mass is 264 g/mol. The van der Waals surface area contributed by atoms with E-state index in [2.05, 4.69) is 9.47 Å². The van der Waals surface area contributed by atoms with Crippen molar-refractivity contribution in [2.75, 3.05) is 19.8 Å². The zero-order valence-corrected chi connectivity index (χ0v) is 11.5. The second-order valence-corrected chi connectivity index (χ2v) is 3.86. The molecule has 1 unspecified atom stereocenters. The van der Waals surface area contributed by atoms with Gasteiger partial charge in [0.1, 0.15) is 6.61 Å². The first-order chi connectivity index (χ1) is 8.38. The Kier molecular flexibility index (Phi) is 13.1. The summed E-state index contributed by atoms with van der Waals surface area (Å²) >= 11 is 0. The second kappa shape index (κ2) is 12.3. The Morgan fingerprint density at radius 3 is 1.89 bits per heavy atom. The Hall–Kier alpha value is -1.14. The Balaban J connectivity index is 0. The van der Waals surface area contributed by atoms with Crippen LogP contribution in [0.25, 0.3) is 0 Å². The molecule has 0 saturated heterocycles. The van der Waals surface area contributed by atoms with Gasteiger partial charge in [-0.05, 0) is 26.2 Å². The van der Waals surface area contributed by atoms with Crippen LogP contribution in [0.1, 0.15) is 34.1 Å². The molecule has 1 atom stereocenters. The van der Waals surface area contributed by atoms with Crippen molar-refractivity contribution >= 4 is 11.9 Å². The Morgan fingerprint density at radius 2 is 1.61 bits per heavy atom. The van der Waals surface area contributed by atoms with Crippen LogP contribution in [0.2, 0.25) is 0 Å². The zero-order valence-electron chi connectivity index (χ0n) is 11.5. The Morgan fingerprint density at radius 1 is 1.11 bits per heavy atom. The third-order valence-corrected chi connectivity index (χ3v) is 1.69. The van der Waals surface area contributed by atoms with Gasteiger partial charge < -0.3 is 19.7 Å². The summed E-state index contributed by atoms with van der Waals surface area (Å²) in [5, 5.41) is 17.1. The molecule has 0 spiro atoms. The smallest absolute Gasteiger partial charge is 0.334 e. The molecule has 0 aliphatic rings. The van der Waals surface area contributed by atoms with Gasteiger partial charge in [-0.2, -0.15) is 0 Å². The average molecular weight is 264 g/mol. The number of hydrogen-bond acceptors (Lipinski definition) is 6. The van der Waals surface area contributed by atoms with Crippen molar-refractivity contribution in [2.24, 2.45) is 5.92 Å². The van der Waals surface area contributed by atoms with Crippen LogP contribution in [0.3, 0.4) is 0 Å². The van der Waals surface area contributed by atoms with Gasteiger partial charge in [0.25, 0.3) is 0 Å². The van der Waals surface area contributed by atoms with E-state index in [4.69, 9.17) is 10.2 Å². The largest absolute Gasteiger partial charge is 0.464 e. The fourth-order valence-corrected chi connectivity index (χ4v) is 0.988. The summed E-state index contributed by atoms with van der Waals surface area (Å²) in [4.78, 5) is 20.7. The Labute approximate surface area is 108 Å². The number of ether oxygens (including phenoxy) is 2. The van der Waals surface area contributed by atoms with Crippen molar-refractivity contribution in [2.45, 2.75) is 40.2 Å². The van der Waals surface area contributed by atoms with Gasteiger partial charge in [-0.1, -0.05) is 13.8 Å². The topological polar surface area (TPSA) is 93.1 Å². The summed E-state index contributed by atoms with van der Waals surface area (Å²) in [6.45, 7) is 7.44. The van der Waals surface area contributed by atoms with E-state index < -0.39 is 24.6 Å². The molecule has 0 amide bonds. The lowest BCUT2D eigenvalue weighted by Crippen LogP contribution is -2.24. The number of rotatable bonds is 6. The molecule has 6 heteroatoms. The number of carbonyl (C=O) groups excluding carboxylic acids is 2. The van der Waals surface area contributed by atoms with Gasteiger partial charge in [-0.3, -0.25) is 0 Å². The molecule has 0 saturated carbocycles. The van der Waals surface area contributed by atoms with Gasteiger partial charge in [0, 0.05) is 0 Å². The molecule has 0 radical (unpaired) electrons. The van der Waals surface area contributed by atoms with Crippen LogP contribution in [0.4, 0.5) is 0 Å². The van der Waals surface area contributed by atoms with Gasteiger partial charge in [0.05, 0.1) is 13.2 Å². The van der Waals surface area contributed by atoms with Crippen molar-refractivity contribution in [1.29, 1.82) is 0 Å². The van der Waals surface area contributed by atoms with Crippen molar-refractivity contribution in [3.8, 4) is 0 Å². The molecular formula is C12H24O6. The van der Waals surface area contributed by atoms with Gasteiger partial charge in [-0.15, -0.1) is 0 Å². The summed E-state index contributed by atoms with van der Waals surface area (Å²) in [6, 6.07) is 0. The van der Waals surface area contributed by atoms with Crippen molar-refractivity contribution in [1.82, 2.24) is 0 Å². The van der Waals surface area contributed by atoms with Crippen LogP contribution in [-0.4, -0.2) is 48.1 Å². The maximum atomic E-state index is 10.8. The molecule has 0 heterocycles. The van der Waals surface area contributed by atoms with Crippen molar-refractivity contribution in [3.05, 3.63) is 0 Å². The van der Waals surface area contributed by atoms with E-state index in [9.17, 15) is 9.59 Å². The molecule has 0 fully saturated rings. The SMILES string of the molecule is CCOC(=O)C(O)CC(C)C.CCOC(=O)CO. The first-order valence-electron chi connectivity index (χ1n) is 6.00. The van der Waals surface area contributed by atoms with Gasteiger partial charge in [0.15, 0.2) is 6.10 Å². The molecule has 0 aromatic heterocycles. The first kappa shape index (κ1) is 19.2. The predicted molar refractivity (Wildman–Crippen MR) is 65.8 cm³/mol. The summed E-state index contributed by atoms with van der Waals surface area (Å²) in [5.74, 6) is -0.766. The van der Waals surface area contributed by atoms with Crippen LogP contribution in [0.15, 0.2) is 0 Å². The average Bonchev–Trinajstić information content (AvgIpc) is 2.29. The molecule has 0 aromatic carbocycles. The molecule has 18 heavy (non-hydrogen) atoms. The molecule has 0 aliphatic heterocycles. The molecule has 108 valence electrons. The minimum Gasteiger partial charge on any atom is -0.464 e. The summed E-state index contributed by atoms with van der Waals surface area (Å²) < 4.78 is 8.92. The van der Waals surface area contributed by atoms with Gasteiger partial charge in [-0.25, -0.2) is 9.59 Å². The quantitative estimate of drug-likeness (QED) is 0.678. The van der Waals surface area contributed by atoms with Crippen LogP contribution >= 0.6 is 0 Å². The minimum absolute atomic E-state index is 0.314. The van der Waals surface area contributed by atoms with E-state index in [1.54, 1.807) is 13.8 Å². The number of aliphatic hydroxyl groups excluding tert-OH is 2. The normalized spacial score (nSPS) is 11.3. The third-order valence-electron chi connectivity index (χ3n) is 1.69. The number of carbonyl (C=O) groups is 2. The second-order valence-electron chi connectivity index (χ2n) is 3.86. The minimum atomic E-state index is -0.949. The summed E-state index contributed by atoms with van der Waals surface area (Å²) in [5.41, 5.74) is 0. The van der Waals surface area contributed by atoms with Crippen molar-refractivity contribution < 1.29 is 29.3 Å². The van der Waals surface area contributed by atoms with Gasteiger partial charge >= 0.3 is 11.9 Å². The van der Waals surface area contributed by atoms with Crippen molar-refractivity contribution in [3.63, 3.8) is 0 Å². The summed E-state index contributed by atoms with van der Waals surface area (Å²) in [6.07, 6.45) is -0.478. The van der Waals surface area contributed by atoms with E-state index >= 15 is 0 Å². The highest BCUT2D eigenvalue weighted by molar-refractivity contribution is 5.74. The highest BCUT2D eigenvalue weighted by Crippen LogP contribution is 2.05. The predicted octanol–water partition coefficient (Wildman–Crippen LogP) is 0.498. The molecule has 0 aliphatic carbocycles. The molecule has 0 aromatic rings. The van der Waals surface area contributed by atoms with Crippen LogP contribution in [-0.2, 0) is 19.1 Å². The highest BCUT2D eigenvalue weighted by Gasteiger charge is 2.16. The Bertz CT molecular complexity index is 227. The van der Waals surface area contributed by atoms with Crippen LogP contribution < -0.4 is 0 Å². The number of aliphatic hydroxyl groups is 2. The molecule has 0 rings (SSSR count). The van der Waals surface area contributed by atoms with E-state index in [0.717, 1.165) is 0 Å². The van der Waals surface area contributed by atoms with Gasteiger partial charge in [0.2, 0.25) is 0 Å². The maximum Gasteiger partial charge on any atom is 0.334 e. The fourth-order valence-electron chi connectivity index (χ4n) is 0.988. The molecular weight excluding hydrogens is 240 g/mol. The zero-order chi connectivity index (χ0) is 14.6. The maximum absolute atomic E-state index is 10.8. The lowest BCUT2D eigenvalue weighted by atomic mass is 10.1. The van der Waals surface area contributed by atoms with E-state index in [1.807, 2.05) is 13.8 Å². The standard InChI is InChI=1S/C8H16O3.C4H8O3/c1-4-11-8(10)7(9)5-6(2)3;1-2-7-4(6)3-5/h6-7,9H,4-5H2,1-3H3;5H,2-3H2,1H3. The number of hydrogen-bond donors (Lipinski definition) is 2. The summed E-state index contributed by atoms with van der Waals surface area (Å²) in [7, 11) is 0. The molecule has 6 nitrogen and oxygen atoms in total. The highest BCUT2D eigenvalue weighted by atomic mass is 16.5. The lowest BCUT2D eigenvalue weighted by molar-refractivity contribution is -0.153. The van der Waals surface area contributed by atoms with Crippen LogP contribution in [0.5, 0.6) is 0 Å². The fraction of sp³-hybridized carbons (Fsp3) is 0.833. The molecule has 0 bridgehead atoms. The van der Waals surface area contributed by atoms with Crippen LogP contribution in [0, 0.1) is 5.92 Å². The van der Waals surface area contributed by atoms with E-state index in [-0.39, 0.29) is 0 Å². The molecule has 2 N–H and O–H groups in total. The van der Waals surface area contributed by atoms with E-state index in [0.29, 0.717) is 25.6 Å². The third kappa shape index (κ3) is 12.9. The van der Waals surface area contributed by atoms with E-state index in [1.165, 1.54) is 0 Å². The lowest BCUT2D eigenvalue weighted by Gasteiger charge is -2.10. The first-order valence-corrected chi connectivity index (χ1v) is 6.00. The number of esters is 2.